The van der Waals surface area contributed by atoms with E-state index in [0.717, 1.165) is 6.42 Å². The summed E-state index contributed by atoms with van der Waals surface area (Å²) in [6.07, 6.45) is 5.11. The summed E-state index contributed by atoms with van der Waals surface area (Å²) in [7, 11) is 0. The third-order valence-corrected chi connectivity index (χ3v) is 1.64. The highest BCUT2D eigenvalue weighted by Gasteiger charge is 1.86. The van der Waals surface area contributed by atoms with Gasteiger partial charge in [0.2, 0.25) is 0 Å². The summed E-state index contributed by atoms with van der Waals surface area (Å²) in [6, 6.07) is 10.5. The predicted octanol–water partition coefficient (Wildman–Crippen LogP) is 2.55. The average molecular weight is 198 g/mol. The molecule has 1 aromatic carbocycles. The van der Waals surface area contributed by atoms with Gasteiger partial charge in [-0.2, -0.15) is 0 Å². The lowest BCUT2D eigenvalue weighted by Crippen LogP contribution is -2.10. The van der Waals surface area contributed by atoms with E-state index in [1.807, 2.05) is 19.1 Å². The second kappa shape index (κ2) is 6.70. The predicted molar refractivity (Wildman–Crippen MR) is 60.2 cm³/mol. The number of rotatable bonds is 3. The fraction of sp³-hybridized carbons (Fsp3) is 0.273. The van der Waals surface area contributed by atoms with E-state index < -0.39 is 0 Å². The minimum Gasteiger partial charge on any atom is -0.325 e. The Bertz CT molecular complexity index is 242. The maximum atomic E-state index is 5.57. The maximum absolute atomic E-state index is 5.57. The SMILES string of the molecule is CC(N)C=CCc1ccccc1.Cl. The van der Waals surface area contributed by atoms with Crippen molar-refractivity contribution in [2.45, 2.75) is 19.4 Å². The van der Waals surface area contributed by atoms with Gasteiger partial charge in [-0.25, -0.2) is 0 Å². The van der Waals surface area contributed by atoms with Gasteiger partial charge in [0, 0.05) is 6.04 Å². The molecular weight excluding hydrogens is 182 g/mol. The van der Waals surface area contributed by atoms with Crippen LogP contribution in [0.5, 0.6) is 0 Å². The molecule has 0 radical (unpaired) electrons. The zero-order chi connectivity index (χ0) is 8.81. The second-order valence-electron chi connectivity index (χ2n) is 2.98. The van der Waals surface area contributed by atoms with Crippen LogP contribution in [0.3, 0.4) is 0 Å². The van der Waals surface area contributed by atoms with Crippen LogP contribution in [-0.2, 0) is 6.42 Å². The lowest BCUT2D eigenvalue weighted by Gasteiger charge is -1.96. The van der Waals surface area contributed by atoms with Crippen molar-refractivity contribution in [1.29, 1.82) is 0 Å². The summed E-state index contributed by atoms with van der Waals surface area (Å²) in [5, 5.41) is 0. The summed E-state index contributed by atoms with van der Waals surface area (Å²) >= 11 is 0. The Morgan fingerprint density at radius 3 is 2.46 bits per heavy atom. The maximum Gasteiger partial charge on any atom is 0.0194 e. The number of hydrogen-bond donors (Lipinski definition) is 1. The number of hydrogen-bond acceptors (Lipinski definition) is 1. The van der Waals surface area contributed by atoms with Crippen molar-refractivity contribution >= 4 is 12.4 Å². The second-order valence-corrected chi connectivity index (χ2v) is 2.98. The van der Waals surface area contributed by atoms with Crippen molar-refractivity contribution in [2.75, 3.05) is 0 Å². The Labute approximate surface area is 86.1 Å². The van der Waals surface area contributed by atoms with Gasteiger partial charge in [-0.1, -0.05) is 42.5 Å². The van der Waals surface area contributed by atoms with Gasteiger partial charge >= 0.3 is 0 Å². The highest BCUT2D eigenvalue weighted by Crippen LogP contribution is 1.99. The molecule has 0 bridgehead atoms. The Hall–Kier alpha value is -0.790. The van der Waals surface area contributed by atoms with Crippen LogP contribution in [0.15, 0.2) is 42.5 Å². The Morgan fingerprint density at radius 1 is 1.31 bits per heavy atom. The third-order valence-electron chi connectivity index (χ3n) is 1.64. The van der Waals surface area contributed by atoms with Crippen LogP contribution in [0, 0.1) is 0 Å². The highest BCUT2D eigenvalue weighted by atomic mass is 35.5. The molecule has 1 unspecified atom stereocenters. The van der Waals surface area contributed by atoms with Crippen molar-refractivity contribution < 1.29 is 0 Å². The molecule has 0 aliphatic rings. The van der Waals surface area contributed by atoms with E-state index in [-0.39, 0.29) is 18.4 Å². The van der Waals surface area contributed by atoms with E-state index in [1.165, 1.54) is 5.56 Å². The number of halogens is 1. The van der Waals surface area contributed by atoms with Crippen LogP contribution in [0.2, 0.25) is 0 Å². The van der Waals surface area contributed by atoms with Crippen molar-refractivity contribution in [1.82, 2.24) is 0 Å². The van der Waals surface area contributed by atoms with E-state index in [4.69, 9.17) is 5.73 Å². The molecule has 0 heterocycles. The van der Waals surface area contributed by atoms with Gasteiger partial charge in [-0.15, -0.1) is 12.4 Å². The molecule has 0 aliphatic heterocycles. The van der Waals surface area contributed by atoms with Crippen molar-refractivity contribution in [2.24, 2.45) is 5.73 Å². The summed E-state index contributed by atoms with van der Waals surface area (Å²) in [4.78, 5) is 0. The largest absolute Gasteiger partial charge is 0.325 e. The minimum absolute atomic E-state index is 0. The summed E-state index contributed by atoms with van der Waals surface area (Å²) in [5.74, 6) is 0. The van der Waals surface area contributed by atoms with Crippen molar-refractivity contribution in [3.8, 4) is 0 Å². The molecular formula is C11H16ClN. The van der Waals surface area contributed by atoms with Crippen LogP contribution in [-0.4, -0.2) is 6.04 Å². The molecule has 0 aromatic heterocycles. The van der Waals surface area contributed by atoms with Crippen LogP contribution >= 0.6 is 12.4 Å². The summed E-state index contributed by atoms with van der Waals surface area (Å²) < 4.78 is 0. The van der Waals surface area contributed by atoms with Gasteiger partial charge < -0.3 is 5.73 Å². The Balaban J connectivity index is 0.00000144. The fourth-order valence-electron chi connectivity index (χ4n) is 1.03. The summed E-state index contributed by atoms with van der Waals surface area (Å²) in [6.45, 7) is 1.97. The zero-order valence-electron chi connectivity index (χ0n) is 7.81. The Kier molecular flexibility index (Phi) is 6.29. The fourth-order valence-corrected chi connectivity index (χ4v) is 1.03. The van der Waals surface area contributed by atoms with Crippen LogP contribution < -0.4 is 5.73 Å². The molecule has 1 rings (SSSR count). The number of benzene rings is 1. The zero-order valence-corrected chi connectivity index (χ0v) is 8.63. The Morgan fingerprint density at radius 2 is 1.92 bits per heavy atom. The number of nitrogens with two attached hydrogens (primary N) is 1. The first-order valence-corrected chi connectivity index (χ1v) is 4.25. The molecule has 2 N–H and O–H groups in total. The van der Waals surface area contributed by atoms with Gasteiger partial charge in [-0.05, 0) is 18.9 Å². The highest BCUT2D eigenvalue weighted by molar-refractivity contribution is 5.85. The lowest BCUT2D eigenvalue weighted by atomic mass is 10.1. The molecule has 1 atom stereocenters. The van der Waals surface area contributed by atoms with Crippen LogP contribution in [0.25, 0.3) is 0 Å². The van der Waals surface area contributed by atoms with Gasteiger partial charge in [0.05, 0.1) is 0 Å². The quantitative estimate of drug-likeness (QED) is 0.741. The molecule has 0 amide bonds. The van der Waals surface area contributed by atoms with Crippen molar-refractivity contribution in [3.63, 3.8) is 0 Å². The minimum atomic E-state index is 0. The molecule has 0 fully saturated rings. The van der Waals surface area contributed by atoms with Crippen LogP contribution in [0.4, 0.5) is 0 Å². The first-order chi connectivity index (χ1) is 5.79. The normalized spacial score (nSPS) is 12.5. The molecule has 2 heteroatoms. The van der Waals surface area contributed by atoms with Gasteiger partial charge in [0.1, 0.15) is 0 Å². The number of allylic oxidation sites excluding steroid dienone is 1. The molecule has 0 aliphatic carbocycles. The standard InChI is InChI=1S/C11H15N.ClH/c1-10(12)6-5-9-11-7-3-2-4-8-11;/h2-8,10H,9,12H2,1H3;1H. The first kappa shape index (κ1) is 12.2. The molecule has 72 valence electrons. The topological polar surface area (TPSA) is 26.0 Å². The molecule has 0 spiro atoms. The van der Waals surface area contributed by atoms with Gasteiger partial charge in [0.25, 0.3) is 0 Å². The van der Waals surface area contributed by atoms with Gasteiger partial charge in [0.15, 0.2) is 0 Å². The van der Waals surface area contributed by atoms with E-state index in [9.17, 15) is 0 Å². The van der Waals surface area contributed by atoms with E-state index in [0.29, 0.717) is 0 Å². The summed E-state index contributed by atoms with van der Waals surface area (Å²) in [5.41, 5.74) is 6.90. The third kappa shape index (κ3) is 5.45. The van der Waals surface area contributed by atoms with Gasteiger partial charge in [-0.3, -0.25) is 0 Å². The van der Waals surface area contributed by atoms with E-state index in [2.05, 4.69) is 30.3 Å². The molecule has 1 nitrogen and oxygen atoms in total. The first-order valence-electron chi connectivity index (χ1n) is 4.25. The molecule has 0 saturated carbocycles. The smallest absolute Gasteiger partial charge is 0.0194 e. The molecule has 13 heavy (non-hydrogen) atoms. The lowest BCUT2D eigenvalue weighted by molar-refractivity contribution is 0.920. The molecule has 0 saturated heterocycles. The van der Waals surface area contributed by atoms with E-state index in [1.54, 1.807) is 0 Å². The monoisotopic (exact) mass is 197 g/mol. The van der Waals surface area contributed by atoms with Crippen LogP contribution in [0.1, 0.15) is 12.5 Å². The average Bonchev–Trinajstić information content (AvgIpc) is 2.05. The molecule has 1 aromatic rings. The van der Waals surface area contributed by atoms with E-state index >= 15 is 0 Å². The van der Waals surface area contributed by atoms with Crippen molar-refractivity contribution in [3.05, 3.63) is 48.0 Å².